The van der Waals surface area contributed by atoms with E-state index in [1.807, 2.05) is 0 Å². The van der Waals surface area contributed by atoms with Gasteiger partial charge in [0.1, 0.15) is 0 Å². The number of aliphatic carboxylic acids is 1. The summed E-state index contributed by atoms with van der Waals surface area (Å²) in [7, 11) is -2.57. The van der Waals surface area contributed by atoms with E-state index >= 15 is 0 Å². The molecule has 0 aromatic heterocycles. The molecule has 1 unspecified atom stereocenters. The van der Waals surface area contributed by atoms with Gasteiger partial charge < -0.3 is 9.84 Å². The van der Waals surface area contributed by atoms with Crippen molar-refractivity contribution in [3.8, 4) is 0 Å². The fraction of sp³-hybridized carbons (Fsp3) is 0.818. The lowest BCUT2D eigenvalue weighted by molar-refractivity contribution is -0.140. The molecule has 1 N–H and O–H groups in total. The molecule has 0 aliphatic carbocycles. The van der Waals surface area contributed by atoms with Crippen LogP contribution in [-0.2, 0) is 24.3 Å². The molecular formula is C11H19NO6S. The summed E-state index contributed by atoms with van der Waals surface area (Å²) >= 11 is 0. The van der Waals surface area contributed by atoms with Crippen LogP contribution in [0.25, 0.3) is 0 Å². The molecule has 1 saturated heterocycles. The fourth-order valence-corrected chi connectivity index (χ4v) is 3.63. The van der Waals surface area contributed by atoms with Crippen LogP contribution in [0.4, 0.5) is 0 Å². The Balaban J connectivity index is 2.64. The SMILES string of the molecule is COC(=O)C(C)S(=O)(=O)N1CCC(CC(=O)O)CC1. The highest BCUT2D eigenvalue weighted by Crippen LogP contribution is 2.24. The van der Waals surface area contributed by atoms with Crippen molar-refractivity contribution < 1.29 is 27.9 Å². The van der Waals surface area contributed by atoms with Crippen molar-refractivity contribution in [1.82, 2.24) is 4.31 Å². The van der Waals surface area contributed by atoms with Crippen LogP contribution in [0.5, 0.6) is 0 Å². The monoisotopic (exact) mass is 293 g/mol. The molecule has 0 bridgehead atoms. The van der Waals surface area contributed by atoms with E-state index in [0.29, 0.717) is 12.8 Å². The lowest BCUT2D eigenvalue weighted by Crippen LogP contribution is -2.45. The second-order valence-electron chi connectivity index (χ2n) is 4.65. The van der Waals surface area contributed by atoms with E-state index in [2.05, 4.69) is 4.74 Å². The molecule has 0 spiro atoms. The Labute approximate surface area is 112 Å². The second-order valence-corrected chi connectivity index (χ2v) is 6.90. The maximum Gasteiger partial charge on any atom is 0.325 e. The number of esters is 1. The van der Waals surface area contributed by atoms with Gasteiger partial charge in [0.15, 0.2) is 5.25 Å². The van der Waals surface area contributed by atoms with Crippen LogP contribution < -0.4 is 0 Å². The summed E-state index contributed by atoms with van der Waals surface area (Å²) in [5.74, 6) is -1.66. The van der Waals surface area contributed by atoms with E-state index in [4.69, 9.17) is 5.11 Å². The van der Waals surface area contributed by atoms with E-state index < -0.39 is 27.2 Å². The minimum absolute atomic E-state index is 0.00242. The Bertz CT molecular complexity index is 438. The van der Waals surface area contributed by atoms with Gasteiger partial charge in [-0.05, 0) is 25.7 Å². The number of nitrogens with zero attached hydrogens (tertiary/aromatic N) is 1. The zero-order chi connectivity index (χ0) is 14.6. The fourth-order valence-electron chi connectivity index (χ4n) is 2.13. The number of ether oxygens (including phenoxy) is 1. The number of piperidine rings is 1. The van der Waals surface area contributed by atoms with Crippen molar-refractivity contribution in [2.24, 2.45) is 5.92 Å². The van der Waals surface area contributed by atoms with E-state index in [9.17, 15) is 18.0 Å². The van der Waals surface area contributed by atoms with E-state index in [1.54, 1.807) is 0 Å². The first-order valence-corrected chi connectivity index (χ1v) is 7.58. The van der Waals surface area contributed by atoms with Gasteiger partial charge in [0, 0.05) is 19.5 Å². The van der Waals surface area contributed by atoms with Crippen LogP contribution in [0, 0.1) is 5.92 Å². The summed E-state index contributed by atoms with van der Waals surface area (Å²) in [6.45, 7) is 1.80. The van der Waals surface area contributed by atoms with E-state index in [0.717, 1.165) is 7.11 Å². The third-order valence-corrected chi connectivity index (χ3v) is 5.55. The highest BCUT2D eigenvalue weighted by molar-refractivity contribution is 7.90. The van der Waals surface area contributed by atoms with Crippen molar-refractivity contribution in [3.63, 3.8) is 0 Å². The molecular weight excluding hydrogens is 274 g/mol. The zero-order valence-electron chi connectivity index (χ0n) is 11.0. The van der Waals surface area contributed by atoms with Crippen LogP contribution in [-0.4, -0.2) is 55.2 Å². The predicted octanol–water partition coefficient (Wildman–Crippen LogP) is 0.0644. The van der Waals surface area contributed by atoms with Gasteiger partial charge in [-0.1, -0.05) is 0 Å². The summed E-state index contributed by atoms with van der Waals surface area (Å²) in [6, 6.07) is 0. The number of carboxylic acids is 1. The van der Waals surface area contributed by atoms with Gasteiger partial charge in [0.2, 0.25) is 10.0 Å². The summed E-state index contributed by atoms with van der Waals surface area (Å²) in [4.78, 5) is 21.9. The number of carbonyl (C=O) groups is 2. The molecule has 8 heteroatoms. The quantitative estimate of drug-likeness (QED) is 0.720. The third kappa shape index (κ3) is 3.90. The van der Waals surface area contributed by atoms with Crippen LogP contribution in [0.2, 0.25) is 0 Å². The molecule has 0 radical (unpaired) electrons. The largest absolute Gasteiger partial charge is 0.481 e. The summed E-state index contributed by atoms with van der Waals surface area (Å²) in [5.41, 5.74) is 0. The molecule has 7 nitrogen and oxygen atoms in total. The van der Waals surface area contributed by atoms with Crippen molar-refractivity contribution in [2.45, 2.75) is 31.4 Å². The van der Waals surface area contributed by atoms with Crippen LogP contribution in [0.1, 0.15) is 26.2 Å². The number of sulfonamides is 1. The Kier molecular flexibility index (Phi) is 5.30. The van der Waals surface area contributed by atoms with E-state index in [-0.39, 0.29) is 25.4 Å². The van der Waals surface area contributed by atoms with Gasteiger partial charge in [-0.2, -0.15) is 0 Å². The molecule has 110 valence electrons. The second kappa shape index (κ2) is 6.33. The van der Waals surface area contributed by atoms with Gasteiger partial charge in [-0.15, -0.1) is 0 Å². The third-order valence-electron chi connectivity index (χ3n) is 3.38. The first kappa shape index (κ1) is 15.9. The first-order valence-electron chi connectivity index (χ1n) is 6.07. The molecule has 1 heterocycles. The smallest absolute Gasteiger partial charge is 0.325 e. The molecule has 1 atom stereocenters. The van der Waals surface area contributed by atoms with Crippen LogP contribution in [0.3, 0.4) is 0 Å². The molecule has 0 saturated carbocycles. The summed E-state index contributed by atoms with van der Waals surface area (Å²) in [5, 5.41) is 7.46. The Morgan fingerprint density at radius 1 is 1.37 bits per heavy atom. The molecule has 1 rings (SSSR count). The maximum atomic E-state index is 12.1. The lowest BCUT2D eigenvalue weighted by Gasteiger charge is -2.31. The summed E-state index contributed by atoms with van der Waals surface area (Å²) < 4.78 is 29.9. The van der Waals surface area contributed by atoms with Gasteiger partial charge in [0.25, 0.3) is 0 Å². The number of hydrogen-bond acceptors (Lipinski definition) is 5. The predicted molar refractivity (Wildman–Crippen MR) is 66.9 cm³/mol. The number of methoxy groups -OCH3 is 1. The summed E-state index contributed by atoms with van der Waals surface area (Å²) in [6.07, 6.45) is 1.05. The Morgan fingerprint density at radius 3 is 2.32 bits per heavy atom. The molecule has 1 fully saturated rings. The number of hydrogen-bond donors (Lipinski definition) is 1. The van der Waals surface area contributed by atoms with Crippen molar-refractivity contribution >= 4 is 22.0 Å². The lowest BCUT2D eigenvalue weighted by atomic mass is 9.95. The molecule has 0 aromatic carbocycles. The standard InChI is InChI=1S/C11H19NO6S/c1-8(11(15)18-2)19(16,17)12-5-3-9(4-6-12)7-10(13)14/h8-9H,3-7H2,1-2H3,(H,13,14). The van der Waals surface area contributed by atoms with Crippen LogP contribution >= 0.6 is 0 Å². The Morgan fingerprint density at radius 2 is 1.89 bits per heavy atom. The molecule has 1 aliphatic heterocycles. The van der Waals surface area contributed by atoms with Gasteiger partial charge in [0.05, 0.1) is 7.11 Å². The van der Waals surface area contributed by atoms with Crippen molar-refractivity contribution in [1.29, 1.82) is 0 Å². The highest BCUT2D eigenvalue weighted by atomic mass is 32.2. The first-order chi connectivity index (χ1) is 8.78. The topological polar surface area (TPSA) is 101 Å². The maximum absolute atomic E-state index is 12.1. The van der Waals surface area contributed by atoms with Gasteiger partial charge >= 0.3 is 11.9 Å². The normalized spacial score (nSPS) is 19.9. The molecule has 19 heavy (non-hydrogen) atoms. The van der Waals surface area contributed by atoms with Crippen molar-refractivity contribution in [2.75, 3.05) is 20.2 Å². The average Bonchev–Trinajstić information content (AvgIpc) is 2.36. The number of rotatable bonds is 5. The van der Waals surface area contributed by atoms with Gasteiger partial charge in [-0.3, -0.25) is 9.59 Å². The van der Waals surface area contributed by atoms with Gasteiger partial charge in [-0.25, -0.2) is 12.7 Å². The van der Waals surface area contributed by atoms with Crippen molar-refractivity contribution in [3.05, 3.63) is 0 Å². The molecule has 1 aliphatic rings. The van der Waals surface area contributed by atoms with E-state index in [1.165, 1.54) is 11.2 Å². The number of carbonyl (C=O) groups excluding carboxylic acids is 1. The zero-order valence-corrected chi connectivity index (χ0v) is 11.9. The minimum Gasteiger partial charge on any atom is -0.481 e. The Hall–Kier alpha value is -1.15. The average molecular weight is 293 g/mol. The number of carboxylic acid groups (broad SMARTS) is 1. The minimum atomic E-state index is -3.71. The molecule has 0 aromatic rings. The highest BCUT2D eigenvalue weighted by Gasteiger charge is 2.36. The van der Waals surface area contributed by atoms with Crippen LogP contribution in [0.15, 0.2) is 0 Å². The molecule has 0 amide bonds.